The minimum Gasteiger partial charge on any atom is -0.454 e. The Bertz CT molecular complexity index is 421. The summed E-state index contributed by atoms with van der Waals surface area (Å²) < 4.78 is 10.7. The molecule has 0 atom stereocenters. The number of amides is 1. The lowest BCUT2D eigenvalue weighted by Gasteiger charge is -2.08. The Balaban J connectivity index is 1.83. The Labute approximate surface area is 106 Å². The molecule has 0 fully saturated rings. The van der Waals surface area contributed by atoms with Gasteiger partial charge in [-0.05, 0) is 12.6 Å². The lowest BCUT2D eigenvalue weighted by molar-refractivity contribution is -0.121. The van der Waals surface area contributed by atoms with Crippen LogP contribution in [0.4, 0.5) is 0 Å². The zero-order chi connectivity index (χ0) is 12.8. The van der Waals surface area contributed by atoms with Gasteiger partial charge in [-0.25, -0.2) is 0 Å². The lowest BCUT2D eigenvalue weighted by atomic mass is 10.2. The van der Waals surface area contributed by atoms with Crippen molar-refractivity contribution in [3.63, 3.8) is 0 Å². The maximum absolute atomic E-state index is 11.6. The molecular weight excluding hydrogens is 232 g/mol. The molecule has 2 N–H and O–H groups in total. The van der Waals surface area contributed by atoms with E-state index in [4.69, 9.17) is 9.47 Å². The molecule has 0 aromatic heterocycles. The zero-order valence-electron chi connectivity index (χ0n) is 10.5. The Morgan fingerprint density at radius 2 is 2.28 bits per heavy atom. The Hall–Kier alpha value is -1.75. The maximum atomic E-state index is 11.6. The van der Waals surface area contributed by atoms with Crippen LogP contribution in [0.5, 0.6) is 11.5 Å². The summed E-state index contributed by atoms with van der Waals surface area (Å²) in [6.07, 6.45) is 0.486. The SMILES string of the molecule is CCNCCC(=O)NCc1cccc2c1OCO2. The van der Waals surface area contributed by atoms with Gasteiger partial charge in [-0.2, -0.15) is 0 Å². The van der Waals surface area contributed by atoms with Crippen LogP contribution in [0, 0.1) is 0 Å². The van der Waals surface area contributed by atoms with Crippen molar-refractivity contribution in [2.24, 2.45) is 0 Å². The average Bonchev–Trinajstić information content (AvgIpc) is 2.85. The number of fused-ring (bicyclic) bond motifs is 1. The van der Waals surface area contributed by atoms with Gasteiger partial charge in [0.25, 0.3) is 0 Å². The monoisotopic (exact) mass is 250 g/mol. The zero-order valence-corrected chi connectivity index (χ0v) is 10.5. The van der Waals surface area contributed by atoms with Gasteiger partial charge in [0.15, 0.2) is 11.5 Å². The first-order valence-corrected chi connectivity index (χ1v) is 6.16. The molecule has 0 saturated carbocycles. The third-order valence-corrected chi connectivity index (χ3v) is 2.73. The minimum absolute atomic E-state index is 0.0347. The topological polar surface area (TPSA) is 59.6 Å². The van der Waals surface area contributed by atoms with E-state index in [0.717, 1.165) is 23.6 Å². The van der Waals surface area contributed by atoms with Crippen LogP contribution in [-0.2, 0) is 11.3 Å². The molecule has 1 heterocycles. The highest BCUT2D eigenvalue weighted by Crippen LogP contribution is 2.35. The van der Waals surface area contributed by atoms with Crippen molar-refractivity contribution < 1.29 is 14.3 Å². The van der Waals surface area contributed by atoms with Crippen molar-refractivity contribution in [2.75, 3.05) is 19.9 Å². The van der Waals surface area contributed by atoms with Crippen molar-refractivity contribution in [3.8, 4) is 11.5 Å². The van der Waals surface area contributed by atoms with E-state index >= 15 is 0 Å². The van der Waals surface area contributed by atoms with Crippen LogP contribution < -0.4 is 20.1 Å². The summed E-state index contributed by atoms with van der Waals surface area (Å²) in [6, 6.07) is 5.69. The molecule has 2 rings (SSSR count). The largest absolute Gasteiger partial charge is 0.454 e. The van der Waals surface area contributed by atoms with Gasteiger partial charge in [0.2, 0.25) is 12.7 Å². The summed E-state index contributed by atoms with van der Waals surface area (Å²) in [6.45, 7) is 4.32. The predicted octanol–water partition coefficient (Wildman–Crippen LogP) is 1.03. The molecule has 0 radical (unpaired) electrons. The van der Waals surface area contributed by atoms with Gasteiger partial charge in [0.1, 0.15) is 0 Å². The van der Waals surface area contributed by atoms with Gasteiger partial charge < -0.3 is 20.1 Å². The maximum Gasteiger partial charge on any atom is 0.231 e. The first-order chi connectivity index (χ1) is 8.81. The van der Waals surface area contributed by atoms with Crippen molar-refractivity contribution in [3.05, 3.63) is 23.8 Å². The number of para-hydroxylation sites is 1. The molecule has 0 spiro atoms. The molecule has 1 aliphatic rings. The second kappa shape index (κ2) is 6.26. The highest BCUT2D eigenvalue weighted by atomic mass is 16.7. The number of nitrogens with one attached hydrogen (secondary N) is 2. The first-order valence-electron chi connectivity index (χ1n) is 6.16. The summed E-state index contributed by atoms with van der Waals surface area (Å²) in [5.74, 6) is 1.52. The van der Waals surface area contributed by atoms with Crippen LogP contribution in [0.1, 0.15) is 18.9 Å². The van der Waals surface area contributed by atoms with E-state index in [9.17, 15) is 4.79 Å². The minimum atomic E-state index is 0.0347. The Morgan fingerprint density at radius 3 is 3.11 bits per heavy atom. The van der Waals surface area contributed by atoms with E-state index in [0.29, 0.717) is 19.5 Å². The van der Waals surface area contributed by atoms with Gasteiger partial charge in [0, 0.05) is 25.1 Å². The number of hydrogen-bond donors (Lipinski definition) is 2. The molecule has 98 valence electrons. The highest BCUT2D eigenvalue weighted by Gasteiger charge is 2.17. The number of carbonyl (C=O) groups excluding carboxylic acids is 1. The van der Waals surface area contributed by atoms with Crippen LogP contribution in [0.25, 0.3) is 0 Å². The van der Waals surface area contributed by atoms with Gasteiger partial charge in [-0.1, -0.05) is 19.1 Å². The van der Waals surface area contributed by atoms with Gasteiger partial charge in [-0.3, -0.25) is 4.79 Å². The van der Waals surface area contributed by atoms with Crippen molar-refractivity contribution in [1.82, 2.24) is 10.6 Å². The van der Waals surface area contributed by atoms with Crippen LogP contribution in [0.15, 0.2) is 18.2 Å². The Kier molecular flexibility index (Phi) is 4.41. The quantitative estimate of drug-likeness (QED) is 0.740. The fourth-order valence-corrected chi connectivity index (χ4v) is 1.79. The molecule has 1 amide bonds. The van der Waals surface area contributed by atoms with Gasteiger partial charge in [-0.15, -0.1) is 0 Å². The summed E-state index contributed by atoms with van der Waals surface area (Å²) in [5, 5.41) is 5.99. The standard InChI is InChI=1S/C13H18N2O3/c1-2-14-7-6-12(16)15-8-10-4-3-5-11-13(10)18-9-17-11/h3-5,14H,2,6-9H2,1H3,(H,15,16). The van der Waals surface area contributed by atoms with Crippen LogP contribution in [0.3, 0.4) is 0 Å². The summed E-state index contributed by atoms with van der Waals surface area (Å²) in [7, 11) is 0. The Morgan fingerprint density at radius 1 is 1.39 bits per heavy atom. The highest BCUT2D eigenvalue weighted by molar-refractivity contribution is 5.76. The van der Waals surface area contributed by atoms with Crippen molar-refractivity contribution in [2.45, 2.75) is 19.9 Å². The summed E-state index contributed by atoms with van der Waals surface area (Å²) >= 11 is 0. The van der Waals surface area contributed by atoms with E-state index in [1.807, 2.05) is 25.1 Å². The van der Waals surface area contributed by atoms with Gasteiger partial charge >= 0.3 is 0 Å². The molecular formula is C13H18N2O3. The third-order valence-electron chi connectivity index (χ3n) is 2.73. The molecule has 1 aromatic carbocycles. The third kappa shape index (κ3) is 3.13. The molecule has 0 saturated heterocycles. The fourth-order valence-electron chi connectivity index (χ4n) is 1.79. The number of rotatable bonds is 6. The van der Waals surface area contributed by atoms with Crippen LogP contribution >= 0.6 is 0 Å². The fraction of sp³-hybridized carbons (Fsp3) is 0.462. The van der Waals surface area contributed by atoms with E-state index < -0.39 is 0 Å². The molecule has 0 bridgehead atoms. The van der Waals surface area contributed by atoms with Crippen LogP contribution in [0.2, 0.25) is 0 Å². The number of carbonyl (C=O) groups is 1. The van der Waals surface area contributed by atoms with Gasteiger partial charge in [0.05, 0.1) is 0 Å². The molecule has 0 unspecified atom stereocenters. The first kappa shape index (κ1) is 12.7. The number of hydrogen-bond acceptors (Lipinski definition) is 4. The molecule has 1 aromatic rings. The summed E-state index contributed by atoms with van der Waals surface area (Å²) in [5.41, 5.74) is 0.946. The normalized spacial score (nSPS) is 12.5. The molecule has 5 nitrogen and oxygen atoms in total. The molecule has 18 heavy (non-hydrogen) atoms. The summed E-state index contributed by atoms with van der Waals surface area (Å²) in [4.78, 5) is 11.6. The van der Waals surface area contributed by atoms with E-state index in [-0.39, 0.29) is 12.7 Å². The lowest BCUT2D eigenvalue weighted by Crippen LogP contribution is -2.27. The van der Waals surface area contributed by atoms with E-state index in [2.05, 4.69) is 10.6 Å². The molecule has 5 heteroatoms. The van der Waals surface area contributed by atoms with Crippen molar-refractivity contribution >= 4 is 5.91 Å². The molecule has 1 aliphatic heterocycles. The predicted molar refractivity (Wildman–Crippen MR) is 67.6 cm³/mol. The van der Waals surface area contributed by atoms with Crippen LogP contribution in [-0.4, -0.2) is 25.8 Å². The second-order valence-corrected chi connectivity index (χ2v) is 4.03. The number of ether oxygens (including phenoxy) is 2. The number of benzene rings is 1. The molecule has 0 aliphatic carbocycles. The van der Waals surface area contributed by atoms with E-state index in [1.54, 1.807) is 0 Å². The van der Waals surface area contributed by atoms with Crippen molar-refractivity contribution in [1.29, 1.82) is 0 Å². The second-order valence-electron chi connectivity index (χ2n) is 4.03. The average molecular weight is 250 g/mol. The smallest absolute Gasteiger partial charge is 0.231 e. The van der Waals surface area contributed by atoms with E-state index in [1.165, 1.54) is 0 Å².